The molecule has 0 aliphatic carbocycles. The molecule has 1 atom stereocenters. The Morgan fingerprint density at radius 3 is 2.43 bits per heavy atom. The molecular weight excluding hydrogens is 288 g/mol. The van der Waals surface area contributed by atoms with E-state index in [1.54, 1.807) is 0 Å². The van der Waals surface area contributed by atoms with Crippen LogP contribution in [0.3, 0.4) is 0 Å². The van der Waals surface area contributed by atoms with Gasteiger partial charge >= 0.3 is 5.97 Å². The minimum atomic E-state index is -0.642. The van der Waals surface area contributed by atoms with E-state index in [0.29, 0.717) is 0 Å². The lowest BCUT2D eigenvalue weighted by atomic mass is 10.0. The van der Waals surface area contributed by atoms with E-state index in [1.807, 2.05) is 46.9 Å². The van der Waals surface area contributed by atoms with Gasteiger partial charge in [-0.05, 0) is 33.6 Å². The van der Waals surface area contributed by atoms with E-state index in [2.05, 4.69) is 10.3 Å². The van der Waals surface area contributed by atoms with Gasteiger partial charge in [-0.2, -0.15) is 0 Å². The number of esters is 1. The van der Waals surface area contributed by atoms with Gasteiger partial charge in [-0.3, -0.25) is 4.79 Å². The molecule has 118 valence electrons. The standard InChI is InChI=1S/C15H24N2O3S/c1-9(2)13(14(19)20-15(4,5)6)17-12(18)7-11-8-21-10(3)16-11/h8-9,13H,7H2,1-6H3,(H,17,18)/t13-/m0/s1. The maximum Gasteiger partial charge on any atom is 0.329 e. The van der Waals surface area contributed by atoms with Gasteiger partial charge in [-0.25, -0.2) is 9.78 Å². The molecule has 1 aromatic heterocycles. The van der Waals surface area contributed by atoms with Crippen molar-refractivity contribution in [3.63, 3.8) is 0 Å². The van der Waals surface area contributed by atoms with Crippen LogP contribution >= 0.6 is 11.3 Å². The lowest BCUT2D eigenvalue weighted by molar-refractivity contribution is -0.160. The molecule has 0 aliphatic rings. The number of aryl methyl sites for hydroxylation is 1. The van der Waals surface area contributed by atoms with Crippen LogP contribution in [-0.4, -0.2) is 28.5 Å². The summed E-state index contributed by atoms with van der Waals surface area (Å²) in [6.45, 7) is 11.1. The first-order valence-corrected chi connectivity index (χ1v) is 7.89. The number of aromatic nitrogens is 1. The molecule has 6 heteroatoms. The van der Waals surface area contributed by atoms with Gasteiger partial charge in [0.15, 0.2) is 0 Å². The predicted molar refractivity (Wildman–Crippen MR) is 83.2 cm³/mol. The summed E-state index contributed by atoms with van der Waals surface area (Å²) in [6.07, 6.45) is 0.177. The zero-order chi connectivity index (χ0) is 16.2. The zero-order valence-corrected chi connectivity index (χ0v) is 14.3. The Bertz CT molecular complexity index is 503. The number of amides is 1. The van der Waals surface area contributed by atoms with Crippen molar-refractivity contribution in [1.82, 2.24) is 10.3 Å². The van der Waals surface area contributed by atoms with Crippen molar-refractivity contribution in [2.45, 2.75) is 59.6 Å². The van der Waals surface area contributed by atoms with Crippen LogP contribution in [0.5, 0.6) is 0 Å². The van der Waals surface area contributed by atoms with E-state index in [9.17, 15) is 9.59 Å². The van der Waals surface area contributed by atoms with Gasteiger partial charge in [-0.1, -0.05) is 13.8 Å². The van der Waals surface area contributed by atoms with Crippen molar-refractivity contribution in [3.05, 3.63) is 16.1 Å². The molecule has 0 saturated heterocycles. The SMILES string of the molecule is Cc1nc(CC(=O)N[C@H](C(=O)OC(C)(C)C)C(C)C)cs1. The number of hydrogen-bond donors (Lipinski definition) is 1. The summed E-state index contributed by atoms with van der Waals surface area (Å²) >= 11 is 1.50. The molecule has 1 amide bonds. The summed E-state index contributed by atoms with van der Waals surface area (Å²) in [7, 11) is 0. The Kier molecular flexibility index (Phi) is 5.89. The number of thiazole rings is 1. The van der Waals surface area contributed by atoms with Crippen molar-refractivity contribution in [3.8, 4) is 0 Å². The maximum absolute atomic E-state index is 12.1. The zero-order valence-electron chi connectivity index (χ0n) is 13.5. The highest BCUT2D eigenvalue weighted by Crippen LogP contribution is 2.13. The first-order valence-electron chi connectivity index (χ1n) is 7.01. The molecule has 0 saturated carbocycles. The minimum Gasteiger partial charge on any atom is -0.458 e. The van der Waals surface area contributed by atoms with E-state index in [0.717, 1.165) is 10.7 Å². The van der Waals surface area contributed by atoms with E-state index >= 15 is 0 Å². The van der Waals surface area contributed by atoms with Gasteiger partial charge in [0.25, 0.3) is 0 Å². The second-order valence-electron chi connectivity index (χ2n) is 6.36. The molecule has 0 aromatic carbocycles. The van der Waals surface area contributed by atoms with Crippen molar-refractivity contribution < 1.29 is 14.3 Å². The molecule has 1 rings (SSSR count). The number of carbonyl (C=O) groups is 2. The smallest absolute Gasteiger partial charge is 0.329 e. The molecule has 0 aliphatic heterocycles. The van der Waals surface area contributed by atoms with Crippen molar-refractivity contribution in [2.24, 2.45) is 5.92 Å². The highest BCUT2D eigenvalue weighted by molar-refractivity contribution is 7.09. The first kappa shape index (κ1) is 17.6. The topological polar surface area (TPSA) is 68.3 Å². The Morgan fingerprint density at radius 2 is 2.00 bits per heavy atom. The first-order chi connectivity index (χ1) is 9.58. The molecule has 5 nitrogen and oxygen atoms in total. The van der Waals surface area contributed by atoms with E-state index < -0.39 is 17.6 Å². The third kappa shape index (κ3) is 6.25. The fourth-order valence-corrected chi connectivity index (χ4v) is 2.35. The average molecular weight is 312 g/mol. The van der Waals surface area contributed by atoms with Gasteiger partial charge in [0, 0.05) is 5.38 Å². The second-order valence-corrected chi connectivity index (χ2v) is 7.42. The summed E-state index contributed by atoms with van der Waals surface area (Å²) in [4.78, 5) is 28.4. The number of hydrogen-bond acceptors (Lipinski definition) is 5. The number of ether oxygens (including phenoxy) is 1. The van der Waals surface area contributed by atoms with E-state index in [4.69, 9.17) is 4.74 Å². The Morgan fingerprint density at radius 1 is 1.38 bits per heavy atom. The van der Waals surface area contributed by atoms with Crippen molar-refractivity contribution in [1.29, 1.82) is 0 Å². The van der Waals surface area contributed by atoms with Crippen LogP contribution in [0.15, 0.2) is 5.38 Å². The van der Waals surface area contributed by atoms with Crippen LogP contribution in [0.1, 0.15) is 45.3 Å². The van der Waals surface area contributed by atoms with Gasteiger partial charge in [-0.15, -0.1) is 11.3 Å². The summed E-state index contributed by atoms with van der Waals surface area (Å²) in [5.74, 6) is -0.661. The highest BCUT2D eigenvalue weighted by Gasteiger charge is 2.29. The largest absolute Gasteiger partial charge is 0.458 e. The van der Waals surface area contributed by atoms with Gasteiger partial charge in [0.2, 0.25) is 5.91 Å². The molecule has 0 radical (unpaired) electrons. The minimum absolute atomic E-state index is 0.0408. The average Bonchev–Trinajstić information content (AvgIpc) is 2.68. The third-order valence-corrected chi connectivity index (χ3v) is 3.47. The molecule has 1 heterocycles. The van der Waals surface area contributed by atoms with Crippen LogP contribution < -0.4 is 5.32 Å². The maximum atomic E-state index is 12.1. The summed E-state index contributed by atoms with van der Waals surface area (Å²) in [5, 5.41) is 5.52. The Labute approximate surface area is 130 Å². The number of carbonyl (C=O) groups excluding carboxylic acids is 2. The second kappa shape index (κ2) is 7.02. The number of rotatable bonds is 5. The normalized spacial score (nSPS) is 13.1. The molecule has 0 fully saturated rings. The van der Waals surface area contributed by atoms with Crippen LogP contribution in [0.25, 0.3) is 0 Å². The van der Waals surface area contributed by atoms with Crippen LogP contribution in [0, 0.1) is 12.8 Å². The lowest BCUT2D eigenvalue weighted by Gasteiger charge is -2.26. The molecule has 21 heavy (non-hydrogen) atoms. The lowest BCUT2D eigenvalue weighted by Crippen LogP contribution is -2.47. The van der Waals surface area contributed by atoms with Crippen LogP contribution in [-0.2, 0) is 20.7 Å². The molecule has 1 N–H and O–H groups in total. The summed E-state index contributed by atoms with van der Waals surface area (Å²) in [6, 6.07) is -0.642. The Hall–Kier alpha value is -1.43. The highest BCUT2D eigenvalue weighted by atomic mass is 32.1. The van der Waals surface area contributed by atoms with Crippen molar-refractivity contribution in [2.75, 3.05) is 0 Å². The monoisotopic (exact) mass is 312 g/mol. The summed E-state index contributed by atoms with van der Waals surface area (Å²) < 4.78 is 5.35. The fourth-order valence-electron chi connectivity index (χ4n) is 1.74. The van der Waals surface area contributed by atoms with Gasteiger partial charge in [0.1, 0.15) is 11.6 Å². The number of nitrogens with zero attached hydrogens (tertiary/aromatic N) is 1. The molecule has 0 spiro atoms. The molecular formula is C15H24N2O3S. The van der Waals surface area contributed by atoms with Crippen molar-refractivity contribution >= 4 is 23.2 Å². The quantitative estimate of drug-likeness (QED) is 0.848. The van der Waals surface area contributed by atoms with Gasteiger partial charge < -0.3 is 10.1 Å². The van der Waals surface area contributed by atoms with Crippen LogP contribution in [0.4, 0.5) is 0 Å². The molecule has 0 unspecified atom stereocenters. The molecule has 0 bridgehead atoms. The van der Waals surface area contributed by atoms with Crippen LogP contribution in [0.2, 0.25) is 0 Å². The van der Waals surface area contributed by atoms with E-state index in [1.165, 1.54) is 11.3 Å². The Balaban J connectivity index is 2.65. The number of nitrogens with one attached hydrogen (secondary N) is 1. The molecule has 1 aromatic rings. The predicted octanol–water partition coefficient (Wildman–Crippen LogP) is 2.48. The van der Waals surface area contributed by atoms with Gasteiger partial charge in [0.05, 0.1) is 17.1 Å². The third-order valence-electron chi connectivity index (χ3n) is 2.65. The van der Waals surface area contributed by atoms with E-state index in [-0.39, 0.29) is 18.2 Å². The summed E-state index contributed by atoms with van der Waals surface area (Å²) in [5.41, 5.74) is 0.155. The fraction of sp³-hybridized carbons (Fsp3) is 0.667.